The maximum atomic E-state index is 11.6. The molecule has 0 aliphatic rings. The van der Waals surface area contributed by atoms with Crippen molar-refractivity contribution in [3.63, 3.8) is 0 Å². The minimum atomic E-state index is -0.156. The van der Waals surface area contributed by atoms with Crippen LogP contribution in [0.5, 0.6) is 0 Å². The highest BCUT2D eigenvalue weighted by molar-refractivity contribution is 5.69. The summed E-state index contributed by atoms with van der Waals surface area (Å²) in [6, 6.07) is 0. The summed E-state index contributed by atoms with van der Waals surface area (Å²) in [4.78, 5) is 33.5. The van der Waals surface area contributed by atoms with Gasteiger partial charge in [0.1, 0.15) is 0 Å². The lowest BCUT2D eigenvalue weighted by atomic mass is 10.1. The second-order valence-corrected chi connectivity index (χ2v) is 5.42. The largest absolute Gasteiger partial charge is 0.368 e. The SMILES string of the molecule is CCN(CC)OC(=O)CCCCCCCC(=O)ON(CC)CC. The third kappa shape index (κ3) is 12.0. The molecule has 6 nitrogen and oxygen atoms in total. The van der Waals surface area contributed by atoms with Crippen molar-refractivity contribution < 1.29 is 19.3 Å². The predicted octanol–water partition coefficient (Wildman–Crippen LogP) is 3.32. The Kier molecular flexibility index (Phi) is 13.7. The summed E-state index contributed by atoms with van der Waals surface area (Å²) < 4.78 is 0. The topological polar surface area (TPSA) is 59.1 Å². The van der Waals surface area contributed by atoms with Crippen LogP contribution in [0.25, 0.3) is 0 Å². The van der Waals surface area contributed by atoms with E-state index < -0.39 is 0 Å². The van der Waals surface area contributed by atoms with Crippen molar-refractivity contribution in [2.24, 2.45) is 0 Å². The summed E-state index contributed by atoms with van der Waals surface area (Å²) in [5.41, 5.74) is 0. The van der Waals surface area contributed by atoms with Gasteiger partial charge < -0.3 is 9.68 Å². The molecule has 0 rings (SSSR count). The summed E-state index contributed by atoms with van der Waals surface area (Å²) in [7, 11) is 0. The van der Waals surface area contributed by atoms with E-state index in [-0.39, 0.29) is 11.9 Å². The van der Waals surface area contributed by atoms with Crippen molar-refractivity contribution in [2.75, 3.05) is 26.2 Å². The molecule has 0 aromatic heterocycles. The standard InChI is InChI=1S/C17H34N2O4/c1-5-18(6-2)22-16(20)14-12-10-9-11-13-15-17(21)23-19(7-3)8-4/h5-15H2,1-4H3. The Morgan fingerprint density at radius 1 is 0.609 bits per heavy atom. The maximum absolute atomic E-state index is 11.6. The zero-order valence-corrected chi connectivity index (χ0v) is 15.3. The number of hydrogen-bond donors (Lipinski definition) is 0. The third-order valence-electron chi connectivity index (χ3n) is 3.63. The van der Waals surface area contributed by atoms with Gasteiger partial charge in [0, 0.05) is 39.0 Å². The van der Waals surface area contributed by atoms with Crippen LogP contribution < -0.4 is 0 Å². The number of rotatable bonds is 14. The fourth-order valence-electron chi connectivity index (χ4n) is 2.15. The van der Waals surface area contributed by atoms with Crippen LogP contribution in [0.2, 0.25) is 0 Å². The molecule has 0 radical (unpaired) electrons. The number of hydrogen-bond acceptors (Lipinski definition) is 6. The van der Waals surface area contributed by atoms with Gasteiger partial charge in [0.2, 0.25) is 0 Å². The Morgan fingerprint density at radius 2 is 0.913 bits per heavy atom. The van der Waals surface area contributed by atoms with Crippen LogP contribution in [-0.4, -0.2) is 48.2 Å². The molecule has 0 aromatic carbocycles. The average Bonchev–Trinajstić information content (AvgIpc) is 2.56. The summed E-state index contributed by atoms with van der Waals surface area (Å²) >= 11 is 0. The van der Waals surface area contributed by atoms with E-state index in [1.165, 1.54) is 0 Å². The minimum Gasteiger partial charge on any atom is -0.368 e. The molecular weight excluding hydrogens is 296 g/mol. The first-order chi connectivity index (χ1) is 11.1. The number of carbonyl (C=O) groups is 2. The fraction of sp³-hybridized carbons (Fsp3) is 0.882. The van der Waals surface area contributed by atoms with Crippen molar-refractivity contribution in [2.45, 2.75) is 72.6 Å². The molecule has 0 aliphatic heterocycles. The highest BCUT2D eigenvalue weighted by Crippen LogP contribution is 2.09. The molecule has 0 bridgehead atoms. The van der Waals surface area contributed by atoms with E-state index in [2.05, 4.69) is 0 Å². The monoisotopic (exact) mass is 330 g/mol. The van der Waals surface area contributed by atoms with Crippen LogP contribution in [0.15, 0.2) is 0 Å². The van der Waals surface area contributed by atoms with Gasteiger partial charge in [-0.2, -0.15) is 0 Å². The van der Waals surface area contributed by atoms with Crippen LogP contribution in [0.4, 0.5) is 0 Å². The Bertz CT molecular complexity index is 286. The number of nitrogens with zero attached hydrogens (tertiary/aromatic N) is 2. The Labute approximate surface area is 141 Å². The van der Waals surface area contributed by atoms with Gasteiger partial charge in [0.05, 0.1) is 0 Å². The zero-order valence-electron chi connectivity index (χ0n) is 15.3. The van der Waals surface area contributed by atoms with Gasteiger partial charge in [-0.25, -0.2) is 0 Å². The molecule has 6 heteroatoms. The summed E-state index contributed by atoms with van der Waals surface area (Å²) in [5, 5.41) is 3.31. The molecule has 0 amide bonds. The highest BCUT2D eigenvalue weighted by atomic mass is 16.7. The van der Waals surface area contributed by atoms with E-state index in [0.717, 1.165) is 32.1 Å². The summed E-state index contributed by atoms with van der Waals surface area (Å²) in [5.74, 6) is -0.312. The van der Waals surface area contributed by atoms with Crippen molar-refractivity contribution >= 4 is 11.9 Å². The highest BCUT2D eigenvalue weighted by Gasteiger charge is 2.09. The van der Waals surface area contributed by atoms with Gasteiger partial charge >= 0.3 is 11.9 Å². The van der Waals surface area contributed by atoms with E-state index >= 15 is 0 Å². The van der Waals surface area contributed by atoms with Crippen molar-refractivity contribution in [3.05, 3.63) is 0 Å². The van der Waals surface area contributed by atoms with E-state index in [9.17, 15) is 9.59 Å². The Balaban J connectivity index is 3.52. The lowest BCUT2D eigenvalue weighted by molar-refractivity contribution is -0.189. The van der Waals surface area contributed by atoms with Crippen molar-refractivity contribution in [1.29, 1.82) is 0 Å². The van der Waals surface area contributed by atoms with Gasteiger partial charge in [0.15, 0.2) is 0 Å². The molecule has 23 heavy (non-hydrogen) atoms. The van der Waals surface area contributed by atoms with E-state index in [4.69, 9.17) is 9.68 Å². The van der Waals surface area contributed by atoms with Crippen molar-refractivity contribution in [1.82, 2.24) is 10.1 Å². The summed E-state index contributed by atoms with van der Waals surface area (Å²) in [6.45, 7) is 10.7. The molecule has 0 fully saturated rings. The normalized spacial score (nSPS) is 11.0. The first kappa shape index (κ1) is 21.9. The fourth-order valence-corrected chi connectivity index (χ4v) is 2.15. The lowest BCUT2D eigenvalue weighted by Crippen LogP contribution is -2.26. The second kappa shape index (κ2) is 14.5. The van der Waals surface area contributed by atoms with Gasteiger partial charge in [-0.05, 0) is 40.5 Å². The molecule has 0 spiro atoms. The van der Waals surface area contributed by atoms with Gasteiger partial charge in [-0.3, -0.25) is 9.59 Å². The first-order valence-electron chi connectivity index (χ1n) is 8.98. The molecule has 0 aromatic rings. The molecule has 0 saturated carbocycles. The molecule has 0 aliphatic carbocycles. The molecule has 0 unspecified atom stereocenters. The van der Waals surface area contributed by atoms with Crippen molar-refractivity contribution in [3.8, 4) is 0 Å². The lowest BCUT2D eigenvalue weighted by Gasteiger charge is -2.17. The smallest absolute Gasteiger partial charge is 0.325 e. The van der Waals surface area contributed by atoms with Crippen LogP contribution in [0.1, 0.15) is 72.6 Å². The quantitative estimate of drug-likeness (QED) is 0.360. The van der Waals surface area contributed by atoms with Crippen LogP contribution in [0.3, 0.4) is 0 Å². The van der Waals surface area contributed by atoms with Crippen LogP contribution in [-0.2, 0) is 19.3 Å². The Morgan fingerprint density at radius 3 is 1.22 bits per heavy atom. The molecule has 0 atom stereocenters. The number of unbranched alkanes of at least 4 members (excludes halogenated alkanes) is 4. The van der Waals surface area contributed by atoms with E-state index in [1.54, 1.807) is 10.1 Å². The van der Waals surface area contributed by atoms with Gasteiger partial charge in [0.25, 0.3) is 0 Å². The van der Waals surface area contributed by atoms with Crippen LogP contribution >= 0.6 is 0 Å². The average molecular weight is 330 g/mol. The molecule has 136 valence electrons. The predicted molar refractivity (Wildman–Crippen MR) is 90.3 cm³/mol. The number of carbonyl (C=O) groups excluding carboxylic acids is 2. The number of hydroxylamine groups is 4. The molecule has 0 heterocycles. The minimum absolute atomic E-state index is 0.156. The van der Waals surface area contributed by atoms with Crippen LogP contribution in [0, 0.1) is 0 Å². The molecule has 0 saturated heterocycles. The summed E-state index contributed by atoms with van der Waals surface area (Å²) in [6.07, 6.45) is 5.59. The maximum Gasteiger partial charge on any atom is 0.325 e. The zero-order chi connectivity index (χ0) is 17.5. The van der Waals surface area contributed by atoms with Gasteiger partial charge in [-0.15, -0.1) is 10.1 Å². The third-order valence-corrected chi connectivity index (χ3v) is 3.63. The van der Waals surface area contributed by atoms with Gasteiger partial charge in [-0.1, -0.05) is 19.3 Å². The van der Waals surface area contributed by atoms with E-state index in [0.29, 0.717) is 39.0 Å². The van der Waals surface area contributed by atoms with E-state index in [1.807, 2.05) is 27.7 Å². The molecule has 0 N–H and O–H groups in total. The first-order valence-corrected chi connectivity index (χ1v) is 8.98. The molecular formula is C17H34N2O4. The Hall–Kier alpha value is -1.14. The second-order valence-electron chi connectivity index (χ2n) is 5.42.